The Balaban J connectivity index is 1.40. The summed E-state index contributed by atoms with van der Waals surface area (Å²) in [5.74, 6) is 2.28. The maximum Gasteiger partial charge on any atom is 0.231 e. The van der Waals surface area contributed by atoms with E-state index in [1.165, 1.54) is 19.3 Å². The van der Waals surface area contributed by atoms with Gasteiger partial charge in [0.1, 0.15) is 5.69 Å². The second-order valence-corrected chi connectivity index (χ2v) is 7.79. The minimum Gasteiger partial charge on any atom is -0.454 e. The lowest BCUT2D eigenvalue weighted by Gasteiger charge is -2.28. The van der Waals surface area contributed by atoms with E-state index in [2.05, 4.69) is 28.3 Å². The van der Waals surface area contributed by atoms with Gasteiger partial charge >= 0.3 is 0 Å². The van der Waals surface area contributed by atoms with E-state index in [4.69, 9.17) is 19.0 Å². The molecule has 0 unspecified atom stereocenters. The highest BCUT2D eigenvalue weighted by Crippen LogP contribution is 2.37. The van der Waals surface area contributed by atoms with E-state index in [0.29, 0.717) is 0 Å². The van der Waals surface area contributed by atoms with E-state index in [9.17, 15) is 0 Å². The van der Waals surface area contributed by atoms with Gasteiger partial charge in [-0.2, -0.15) is 0 Å². The van der Waals surface area contributed by atoms with Crippen LogP contribution >= 0.6 is 0 Å². The first-order chi connectivity index (χ1) is 14.3. The summed E-state index contributed by atoms with van der Waals surface area (Å²) in [5.41, 5.74) is 4.11. The molecule has 0 N–H and O–H groups in total. The van der Waals surface area contributed by atoms with E-state index in [-0.39, 0.29) is 12.8 Å². The Morgan fingerprint density at radius 3 is 2.90 bits per heavy atom. The number of hydrogen-bond acceptors (Lipinski definition) is 6. The first kappa shape index (κ1) is 18.2. The van der Waals surface area contributed by atoms with Crippen LogP contribution in [0.3, 0.4) is 0 Å². The number of aryl methyl sites for hydroxylation is 1. The van der Waals surface area contributed by atoms with Crippen LogP contribution in [0.15, 0.2) is 47.0 Å². The Hall–Kier alpha value is -2.86. The molecular weight excluding hydrogens is 366 g/mol. The Bertz CT molecular complexity index is 1000. The van der Waals surface area contributed by atoms with Gasteiger partial charge in [0.15, 0.2) is 17.3 Å². The summed E-state index contributed by atoms with van der Waals surface area (Å²) >= 11 is 0. The Morgan fingerprint density at radius 2 is 1.97 bits per heavy atom. The predicted octanol–water partition coefficient (Wildman–Crippen LogP) is 4.89. The van der Waals surface area contributed by atoms with Gasteiger partial charge in [0, 0.05) is 23.9 Å². The van der Waals surface area contributed by atoms with Gasteiger partial charge in [-0.25, -0.2) is 0 Å². The molecule has 0 aliphatic carbocycles. The molecule has 1 aromatic carbocycles. The molecular formula is C23H25N3O3. The molecule has 0 bridgehead atoms. The topological polar surface area (TPSA) is 60.6 Å². The second-order valence-electron chi connectivity index (χ2n) is 7.79. The lowest BCUT2D eigenvalue weighted by atomic mass is 10.0. The van der Waals surface area contributed by atoms with E-state index in [1.807, 2.05) is 31.2 Å². The molecule has 3 aromatic rings. The van der Waals surface area contributed by atoms with Gasteiger partial charge in [0.05, 0.1) is 11.7 Å². The first-order valence-electron chi connectivity index (χ1n) is 10.3. The molecule has 1 saturated heterocycles. The number of nitrogens with zero attached hydrogens (tertiary/aromatic N) is 3. The van der Waals surface area contributed by atoms with Gasteiger partial charge in [0.25, 0.3) is 0 Å². The third kappa shape index (κ3) is 3.85. The Morgan fingerprint density at radius 1 is 1.03 bits per heavy atom. The maximum atomic E-state index is 5.73. The van der Waals surface area contributed by atoms with E-state index >= 15 is 0 Å². The summed E-state index contributed by atoms with van der Waals surface area (Å²) in [7, 11) is 0. The standard InChI is InChI=1S/C23H25N3O3/c1-16-6-5-7-18(24-16)14-26-11-4-2-3-8-20(26)19-13-22(29-25-19)17-9-10-21-23(12-17)28-15-27-21/h5-7,9-10,12-13,20H,2-4,8,11,14-15H2,1H3/t20-/m1/s1. The molecule has 0 amide bonds. The number of ether oxygens (including phenoxy) is 2. The van der Waals surface area contributed by atoms with Crippen LogP contribution in [0.5, 0.6) is 11.5 Å². The molecule has 0 saturated carbocycles. The summed E-state index contributed by atoms with van der Waals surface area (Å²) < 4.78 is 16.6. The molecule has 29 heavy (non-hydrogen) atoms. The molecule has 2 aromatic heterocycles. The normalized spacial score (nSPS) is 19.3. The lowest BCUT2D eigenvalue weighted by molar-refractivity contribution is 0.174. The SMILES string of the molecule is Cc1cccc(CN2CCCCC[C@@H]2c2cc(-c3ccc4c(c3)OCO4)on2)n1. The van der Waals surface area contributed by atoms with E-state index in [1.54, 1.807) is 0 Å². The molecule has 2 aliphatic rings. The van der Waals surface area contributed by atoms with Gasteiger partial charge in [-0.1, -0.05) is 24.1 Å². The van der Waals surface area contributed by atoms with Gasteiger partial charge < -0.3 is 14.0 Å². The lowest BCUT2D eigenvalue weighted by Crippen LogP contribution is -2.28. The highest BCUT2D eigenvalue weighted by Gasteiger charge is 2.26. The van der Waals surface area contributed by atoms with Gasteiger partial charge in [0.2, 0.25) is 6.79 Å². The summed E-state index contributed by atoms with van der Waals surface area (Å²) in [6.45, 7) is 4.19. The molecule has 6 heteroatoms. The fourth-order valence-corrected chi connectivity index (χ4v) is 4.22. The second kappa shape index (κ2) is 7.87. The number of fused-ring (bicyclic) bond motifs is 1. The van der Waals surface area contributed by atoms with Crippen LogP contribution in [0.25, 0.3) is 11.3 Å². The Kier molecular flexibility index (Phi) is 4.94. The average Bonchev–Trinajstić information content (AvgIpc) is 3.34. The van der Waals surface area contributed by atoms with Crippen molar-refractivity contribution in [3.8, 4) is 22.8 Å². The van der Waals surface area contributed by atoms with Crippen molar-refractivity contribution in [2.24, 2.45) is 0 Å². The summed E-state index contributed by atoms with van der Waals surface area (Å²) in [6, 6.07) is 14.4. The number of aromatic nitrogens is 2. The summed E-state index contributed by atoms with van der Waals surface area (Å²) in [5, 5.41) is 4.45. The van der Waals surface area contributed by atoms with Gasteiger partial charge in [-0.3, -0.25) is 9.88 Å². The highest BCUT2D eigenvalue weighted by molar-refractivity contribution is 5.63. The third-order valence-electron chi connectivity index (χ3n) is 5.70. The van der Waals surface area contributed by atoms with Crippen molar-refractivity contribution in [2.75, 3.05) is 13.3 Å². The smallest absolute Gasteiger partial charge is 0.231 e. The molecule has 1 atom stereocenters. The molecule has 5 rings (SSSR count). The molecule has 4 heterocycles. The van der Waals surface area contributed by atoms with Crippen molar-refractivity contribution >= 4 is 0 Å². The molecule has 0 spiro atoms. The number of benzene rings is 1. The zero-order chi connectivity index (χ0) is 19.6. The van der Waals surface area contributed by atoms with Crippen LogP contribution < -0.4 is 9.47 Å². The minimum absolute atomic E-state index is 0.242. The number of hydrogen-bond donors (Lipinski definition) is 0. The monoisotopic (exact) mass is 391 g/mol. The number of rotatable bonds is 4. The van der Waals surface area contributed by atoms with Crippen LogP contribution in [0.4, 0.5) is 0 Å². The van der Waals surface area contributed by atoms with E-state index in [0.717, 1.165) is 59.4 Å². The molecule has 6 nitrogen and oxygen atoms in total. The zero-order valence-electron chi connectivity index (χ0n) is 16.6. The van der Waals surface area contributed by atoms with Crippen LogP contribution in [0, 0.1) is 6.92 Å². The predicted molar refractivity (Wildman–Crippen MR) is 109 cm³/mol. The molecule has 2 aliphatic heterocycles. The van der Waals surface area contributed by atoms with Crippen molar-refractivity contribution in [3.05, 3.63) is 59.5 Å². The van der Waals surface area contributed by atoms with Crippen LogP contribution in [-0.4, -0.2) is 28.4 Å². The quantitative estimate of drug-likeness (QED) is 0.631. The Labute approximate surface area is 170 Å². The van der Waals surface area contributed by atoms with E-state index < -0.39 is 0 Å². The fraction of sp³-hybridized carbons (Fsp3) is 0.391. The first-order valence-corrected chi connectivity index (χ1v) is 10.3. The largest absolute Gasteiger partial charge is 0.454 e. The van der Waals surface area contributed by atoms with Crippen molar-refractivity contribution in [1.29, 1.82) is 0 Å². The van der Waals surface area contributed by atoms with Crippen molar-refractivity contribution < 1.29 is 14.0 Å². The number of likely N-dealkylation sites (tertiary alicyclic amines) is 1. The van der Waals surface area contributed by atoms with Crippen molar-refractivity contribution in [2.45, 2.75) is 45.2 Å². The summed E-state index contributed by atoms with van der Waals surface area (Å²) in [4.78, 5) is 7.20. The van der Waals surface area contributed by atoms with Gasteiger partial charge in [-0.15, -0.1) is 0 Å². The average molecular weight is 391 g/mol. The van der Waals surface area contributed by atoms with Gasteiger partial charge in [-0.05, 0) is 56.6 Å². The third-order valence-corrected chi connectivity index (χ3v) is 5.70. The molecule has 0 radical (unpaired) electrons. The van der Waals surface area contributed by atoms with Crippen LogP contribution in [-0.2, 0) is 6.54 Å². The maximum absolute atomic E-state index is 5.73. The van der Waals surface area contributed by atoms with Crippen LogP contribution in [0.2, 0.25) is 0 Å². The molecule has 1 fully saturated rings. The minimum atomic E-state index is 0.242. The van der Waals surface area contributed by atoms with Crippen molar-refractivity contribution in [3.63, 3.8) is 0 Å². The van der Waals surface area contributed by atoms with Crippen LogP contribution in [0.1, 0.15) is 48.8 Å². The number of pyridine rings is 1. The highest BCUT2D eigenvalue weighted by atomic mass is 16.7. The fourth-order valence-electron chi connectivity index (χ4n) is 4.22. The van der Waals surface area contributed by atoms with Crippen molar-refractivity contribution in [1.82, 2.24) is 15.0 Å². The zero-order valence-corrected chi connectivity index (χ0v) is 16.6. The summed E-state index contributed by atoms with van der Waals surface area (Å²) in [6.07, 6.45) is 4.74. The molecule has 150 valence electrons.